The minimum Gasteiger partial charge on any atom is -0.352 e. The fraction of sp³-hybridized carbons (Fsp3) is 0.429. The molecule has 1 aromatic heterocycles. The summed E-state index contributed by atoms with van der Waals surface area (Å²) in [6.07, 6.45) is 2.96. The summed E-state index contributed by atoms with van der Waals surface area (Å²) in [6, 6.07) is 8.76. The summed E-state index contributed by atoms with van der Waals surface area (Å²) in [5.41, 5.74) is 5.79. The predicted molar refractivity (Wildman–Crippen MR) is 73.5 cm³/mol. The average molecular weight is 242 g/mol. The predicted octanol–water partition coefficient (Wildman–Crippen LogP) is 1.80. The number of hydrogen-bond acceptors (Lipinski definition) is 4. The van der Waals surface area contributed by atoms with Crippen LogP contribution in [0.15, 0.2) is 30.5 Å². The molecule has 0 aliphatic carbocycles. The summed E-state index contributed by atoms with van der Waals surface area (Å²) >= 11 is 0. The molecule has 0 spiro atoms. The van der Waals surface area contributed by atoms with E-state index < -0.39 is 0 Å². The third kappa shape index (κ3) is 1.82. The maximum atomic E-state index is 5.79. The molecule has 3 rings (SSSR count). The van der Waals surface area contributed by atoms with Crippen LogP contribution in [0.1, 0.15) is 13.3 Å². The highest BCUT2D eigenvalue weighted by molar-refractivity contribution is 5.91. The largest absolute Gasteiger partial charge is 0.352 e. The number of aromatic nitrogens is 2. The minimum atomic E-state index is 0.485. The molecule has 1 aromatic carbocycles. The third-order valence-corrected chi connectivity index (χ3v) is 3.82. The van der Waals surface area contributed by atoms with Crippen LogP contribution in [0.5, 0.6) is 0 Å². The lowest BCUT2D eigenvalue weighted by atomic mass is 10.1. The monoisotopic (exact) mass is 242 g/mol. The minimum absolute atomic E-state index is 0.485. The van der Waals surface area contributed by atoms with Crippen molar-refractivity contribution in [1.29, 1.82) is 0 Å². The summed E-state index contributed by atoms with van der Waals surface area (Å²) in [5, 5.41) is 10.8. The van der Waals surface area contributed by atoms with Crippen molar-refractivity contribution in [2.75, 3.05) is 18.0 Å². The normalized spacial score (nSPS) is 23.8. The first-order valence-electron chi connectivity index (χ1n) is 6.46. The zero-order valence-corrected chi connectivity index (χ0v) is 10.6. The lowest BCUT2D eigenvalue weighted by molar-refractivity contribution is 0.579. The van der Waals surface area contributed by atoms with Gasteiger partial charge in [-0.3, -0.25) is 0 Å². The van der Waals surface area contributed by atoms with Gasteiger partial charge in [-0.2, -0.15) is 5.10 Å². The molecule has 94 valence electrons. The van der Waals surface area contributed by atoms with E-state index in [2.05, 4.69) is 40.2 Å². The van der Waals surface area contributed by atoms with Crippen molar-refractivity contribution in [2.45, 2.75) is 19.4 Å². The SMILES string of the molecule is CC1CC(CN)CN1c1nncc2ccccc12. The molecule has 4 heteroatoms. The van der Waals surface area contributed by atoms with Gasteiger partial charge < -0.3 is 10.6 Å². The van der Waals surface area contributed by atoms with Crippen LogP contribution in [0.2, 0.25) is 0 Å². The first-order chi connectivity index (χ1) is 8.79. The Bertz CT molecular complexity index is 549. The standard InChI is InChI=1S/C14H18N4/c1-10-6-11(7-15)9-18(10)14-13-5-3-2-4-12(13)8-16-17-14/h2-5,8,10-11H,6-7,9,15H2,1H3. The van der Waals surface area contributed by atoms with Crippen LogP contribution in [0, 0.1) is 5.92 Å². The van der Waals surface area contributed by atoms with Gasteiger partial charge in [-0.25, -0.2) is 0 Å². The third-order valence-electron chi connectivity index (χ3n) is 3.82. The van der Waals surface area contributed by atoms with Gasteiger partial charge in [-0.1, -0.05) is 24.3 Å². The summed E-state index contributed by atoms with van der Waals surface area (Å²) < 4.78 is 0. The summed E-state index contributed by atoms with van der Waals surface area (Å²) in [4.78, 5) is 2.34. The fourth-order valence-corrected chi connectivity index (χ4v) is 2.83. The van der Waals surface area contributed by atoms with Crippen molar-refractivity contribution in [3.05, 3.63) is 30.5 Å². The molecule has 0 amide bonds. The Morgan fingerprint density at radius 3 is 3.00 bits per heavy atom. The van der Waals surface area contributed by atoms with Crippen molar-refractivity contribution >= 4 is 16.6 Å². The Kier molecular flexibility index (Phi) is 2.88. The second-order valence-electron chi connectivity index (χ2n) is 5.09. The lowest BCUT2D eigenvalue weighted by Crippen LogP contribution is -2.28. The van der Waals surface area contributed by atoms with Crippen LogP contribution in [0.3, 0.4) is 0 Å². The number of benzene rings is 1. The van der Waals surface area contributed by atoms with E-state index in [4.69, 9.17) is 5.73 Å². The molecule has 2 heterocycles. The second-order valence-corrected chi connectivity index (χ2v) is 5.09. The molecule has 2 atom stereocenters. The Balaban J connectivity index is 2.04. The summed E-state index contributed by atoms with van der Waals surface area (Å²) in [5.74, 6) is 1.57. The lowest BCUT2D eigenvalue weighted by Gasteiger charge is -2.23. The van der Waals surface area contributed by atoms with Crippen LogP contribution >= 0.6 is 0 Å². The van der Waals surface area contributed by atoms with E-state index in [0.717, 1.165) is 30.7 Å². The highest BCUT2D eigenvalue weighted by atomic mass is 15.3. The molecule has 18 heavy (non-hydrogen) atoms. The Hall–Kier alpha value is -1.68. The number of fused-ring (bicyclic) bond motifs is 1. The van der Waals surface area contributed by atoms with Gasteiger partial charge in [0.15, 0.2) is 5.82 Å². The van der Waals surface area contributed by atoms with E-state index in [9.17, 15) is 0 Å². The zero-order chi connectivity index (χ0) is 12.5. The summed E-state index contributed by atoms with van der Waals surface area (Å²) in [7, 11) is 0. The molecule has 1 fully saturated rings. The molecular weight excluding hydrogens is 224 g/mol. The van der Waals surface area contributed by atoms with Gasteiger partial charge >= 0.3 is 0 Å². The molecule has 1 aliphatic rings. The van der Waals surface area contributed by atoms with Gasteiger partial charge in [0.05, 0.1) is 6.20 Å². The maximum absolute atomic E-state index is 5.79. The average Bonchev–Trinajstić information content (AvgIpc) is 2.79. The number of rotatable bonds is 2. The van der Waals surface area contributed by atoms with Crippen LogP contribution in [-0.4, -0.2) is 29.3 Å². The molecule has 2 aromatic rings. The van der Waals surface area contributed by atoms with Crippen molar-refractivity contribution in [3.8, 4) is 0 Å². The van der Waals surface area contributed by atoms with Gasteiger partial charge in [0.1, 0.15) is 0 Å². The maximum Gasteiger partial charge on any atom is 0.159 e. The van der Waals surface area contributed by atoms with E-state index in [1.165, 1.54) is 5.39 Å². The molecule has 1 aliphatic heterocycles. The Labute approximate surface area is 107 Å². The van der Waals surface area contributed by atoms with Gasteiger partial charge in [0.2, 0.25) is 0 Å². The quantitative estimate of drug-likeness (QED) is 0.872. The highest BCUT2D eigenvalue weighted by Crippen LogP contribution is 2.31. The number of anilines is 1. The number of hydrogen-bond donors (Lipinski definition) is 1. The molecular formula is C14H18N4. The molecule has 0 saturated carbocycles. The number of nitrogens with two attached hydrogens (primary N) is 1. The molecule has 2 unspecified atom stereocenters. The first kappa shape index (κ1) is 11.4. The molecule has 4 nitrogen and oxygen atoms in total. The topological polar surface area (TPSA) is 55.0 Å². The first-order valence-corrected chi connectivity index (χ1v) is 6.46. The molecule has 0 radical (unpaired) electrons. The summed E-state index contributed by atoms with van der Waals surface area (Å²) in [6.45, 7) is 3.97. The van der Waals surface area contributed by atoms with E-state index in [1.807, 2.05) is 12.3 Å². The zero-order valence-electron chi connectivity index (χ0n) is 10.6. The highest BCUT2D eigenvalue weighted by Gasteiger charge is 2.30. The van der Waals surface area contributed by atoms with E-state index in [0.29, 0.717) is 12.0 Å². The van der Waals surface area contributed by atoms with Crippen LogP contribution < -0.4 is 10.6 Å². The van der Waals surface area contributed by atoms with Gasteiger partial charge in [0, 0.05) is 23.4 Å². The van der Waals surface area contributed by atoms with Gasteiger partial charge in [0.25, 0.3) is 0 Å². The van der Waals surface area contributed by atoms with E-state index >= 15 is 0 Å². The smallest absolute Gasteiger partial charge is 0.159 e. The van der Waals surface area contributed by atoms with Crippen LogP contribution in [-0.2, 0) is 0 Å². The van der Waals surface area contributed by atoms with Gasteiger partial charge in [-0.05, 0) is 25.8 Å². The van der Waals surface area contributed by atoms with Crippen molar-refractivity contribution in [1.82, 2.24) is 10.2 Å². The Morgan fingerprint density at radius 1 is 1.39 bits per heavy atom. The molecule has 2 N–H and O–H groups in total. The molecule has 1 saturated heterocycles. The van der Waals surface area contributed by atoms with E-state index in [-0.39, 0.29) is 0 Å². The van der Waals surface area contributed by atoms with E-state index in [1.54, 1.807) is 0 Å². The van der Waals surface area contributed by atoms with Crippen molar-refractivity contribution in [3.63, 3.8) is 0 Å². The molecule has 0 bridgehead atoms. The second kappa shape index (κ2) is 4.53. The van der Waals surface area contributed by atoms with Crippen LogP contribution in [0.25, 0.3) is 10.8 Å². The van der Waals surface area contributed by atoms with Crippen molar-refractivity contribution < 1.29 is 0 Å². The number of nitrogens with zero attached hydrogens (tertiary/aromatic N) is 3. The van der Waals surface area contributed by atoms with Crippen molar-refractivity contribution in [2.24, 2.45) is 11.7 Å². The van der Waals surface area contributed by atoms with Crippen LogP contribution in [0.4, 0.5) is 5.82 Å². The van der Waals surface area contributed by atoms with Gasteiger partial charge in [-0.15, -0.1) is 5.10 Å². The Morgan fingerprint density at radius 2 is 2.22 bits per heavy atom. The fourth-order valence-electron chi connectivity index (χ4n) is 2.83.